The summed E-state index contributed by atoms with van der Waals surface area (Å²) in [4.78, 5) is 28.6. The number of carbonyl (C=O) groups is 2. The van der Waals surface area contributed by atoms with Gasteiger partial charge < -0.3 is 10.6 Å². The van der Waals surface area contributed by atoms with Crippen LogP contribution in [0.4, 0.5) is 0 Å². The highest BCUT2D eigenvalue weighted by Gasteiger charge is 2.32. The lowest BCUT2D eigenvalue weighted by Crippen LogP contribution is -2.43. The topological polar surface area (TPSA) is 76.3 Å². The van der Waals surface area contributed by atoms with E-state index in [1.165, 1.54) is 11.1 Å². The first kappa shape index (κ1) is 10.6. The number of nitrogens with two attached hydrogens (primary N) is 1. The van der Waals surface area contributed by atoms with Gasteiger partial charge in [0.1, 0.15) is 6.04 Å². The number of amides is 2. The Labute approximate surface area is 93.3 Å². The van der Waals surface area contributed by atoms with Crippen molar-refractivity contribution >= 4 is 11.8 Å². The maximum absolute atomic E-state index is 12.0. The van der Waals surface area contributed by atoms with Gasteiger partial charge >= 0.3 is 0 Å². The first-order valence-electron chi connectivity index (χ1n) is 5.20. The first-order valence-corrected chi connectivity index (χ1v) is 5.20. The maximum atomic E-state index is 12.0. The molecule has 16 heavy (non-hydrogen) atoms. The molecule has 2 N–H and O–H groups in total. The number of hydrogen-bond donors (Lipinski definition) is 1. The molecule has 1 unspecified atom stereocenters. The number of aromatic nitrogens is 1. The molecule has 1 aromatic heterocycles. The molecule has 1 aliphatic heterocycles. The number of hydrogen-bond acceptors (Lipinski definition) is 3. The Morgan fingerprint density at radius 1 is 1.50 bits per heavy atom. The molecule has 1 atom stereocenters. The quantitative estimate of drug-likeness (QED) is 0.770. The molecule has 0 aromatic carbocycles. The number of carbonyl (C=O) groups excluding carboxylic acids is 2. The summed E-state index contributed by atoms with van der Waals surface area (Å²) in [5, 5.41) is 0. The summed E-state index contributed by atoms with van der Waals surface area (Å²) in [6, 6.07) is 2.92. The molecule has 84 valence electrons. The normalized spacial score (nSPS) is 19.8. The van der Waals surface area contributed by atoms with E-state index in [-0.39, 0.29) is 5.91 Å². The van der Waals surface area contributed by atoms with Crippen LogP contribution in [0.5, 0.6) is 0 Å². The molecule has 0 bridgehead atoms. The van der Waals surface area contributed by atoms with E-state index in [0.29, 0.717) is 18.5 Å². The molecule has 1 fully saturated rings. The van der Waals surface area contributed by atoms with Gasteiger partial charge in [0, 0.05) is 18.9 Å². The lowest BCUT2D eigenvalue weighted by Gasteiger charge is -2.21. The molecule has 1 saturated heterocycles. The average Bonchev–Trinajstić information content (AvgIpc) is 2.78. The summed E-state index contributed by atoms with van der Waals surface area (Å²) in [6.07, 6.45) is 4.58. The van der Waals surface area contributed by atoms with Crippen molar-refractivity contribution in [2.24, 2.45) is 5.73 Å². The fraction of sp³-hybridized carbons (Fsp3) is 0.364. The Bertz CT molecular complexity index is 405. The van der Waals surface area contributed by atoms with Crippen molar-refractivity contribution in [3.05, 3.63) is 30.1 Å². The highest BCUT2D eigenvalue weighted by atomic mass is 16.2. The van der Waals surface area contributed by atoms with Gasteiger partial charge in [-0.2, -0.15) is 0 Å². The minimum atomic E-state index is -0.465. The number of pyridine rings is 1. The average molecular weight is 219 g/mol. The Balaban J connectivity index is 2.19. The molecule has 2 rings (SSSR count). The minimum absolute atomic E-state index is 0.172. The zero-order valence-electron chi connectivity index (χ0n) is 8.80. The molecule has 0 spiro atoms. The van der Waals surface area contributed by atoms with Gasteiger partial charge in [0.15, 0.2) is 0 Å². The zero-order chi connectivity index (χ0) is 11.5. The molecule has 0 aliphatic carbocycles. The van der Waals surface area contributed by atoms with E-state index in [9.17, 15) is 9.59 Å². The van der Waals surface area contributed by atoms with Gasteiger partial charge in [0.05, 0.1) is 5.56 Å². The predicted molar refractivity (Wildman–Crippen MR) is 57.5 cm³/mol. The van der Waals surface area contributed by atoms with Crippen LogP contribution in [0.3, 0.4) is 0 Å². The van der Waals surface area contributed by atoms with Gasteiger partial charge in [-0.1, -0.05) is 0 Å². The van der Waals surface area contributed by atoms with Crippen LogP contribution in [0, 0.1) is 0 Å². The monoisotopic (exact) mass is 219 g/mol. The van der Waals surface area contributed by atoms with Crippen LogP contribution in [0.15, 0.2) is 24.5 Å². The van der Waals surface area contributed by atoms with E-state index >= 15 is 0 Å². The predicted octanol–water partition coefficient (Wildman–Crippen LogP) is 0.171. The fourth-order valence-electron chi connectivity index (χ4n) is 1.96. The summed E-state index contributed by atoms with van der Waals surface area (Å²) < 4.78 is 0. The molecule has 0 radical (unpaired) electrons. The van der Waals surface area contributed by atoms with Crippen LogP contribution >= 0.6 is 0 Å². The SMILES string of the molecule is NC(=O)C1CCCN1C(=O)c1cccnc1. The molecule has 5 heteroatoms. The standard InChI is InChI=1S/C11H13N3O2/c12-10(15)9-4-2-6-14(9)11(16)8-3-1-5-13-7-8/h1,3,5,7,9H,2,4,6H2,(H2,12,15). The van der Waals surface area contributed by atoms with Crippen LogP contribution in [-0.4, -0.2) is 34.3 Å². The summed E-state index contributed by atoms with van der Waals surface area (Å²) >= 11 is 0. The molecule has 5 nitrogen and oxygen atoms in total. The smallest absolute Gasteiger partial charge is 0.256 e. The van der Waals surface area contributed by atoms with Gasteiger partial charge in [0.2, 0.25) is 5.91 Å². The van der Waals surface area contributed by atoms with Gasteiger partial charge in [-0.25, -0.2) is 0 Å². The number of rotatable bonds is 2. The van der Waals surface area contributed by atoms with Crippen LogP contribution in [0.25, 0.3) is 0 Å². The summed E-state index contributed by atoms with van der Waals surface area (Å²) in [5.74, 6) is -0.607. The third-order valence-electron chi connectivity index (χ3n) is 2.75. The van der Waals surface area contributed by atoms with Crippen molar-refractivity contribution in [1.82, 2.24) is 9.88 Å². The molecular weight excluding hydrogens is 206 g/mol. The van der Waals surface area contributed by atoms with Gasteiger partial charge in [-0.3, -0.25) is 14.6 Å². The summed E-state index contributed by atoms with van der Waals surface area (Å²) in [7, 11) is 0. The Morgan fingerprint density at radius 3 is 2.94 bits per heavy atom. The van der Waals surface area contributed by atoms with E-state index in [0.717, 1.165) is 6.42 Å². The minimum Gasteiger partial charge on any atom is -0.368 e. The number of nitrogens with zero attached hydrogens (tertiary/aromatic N) is 2. The zero-order valence-corrected chi connectivity index (χ0v) is 8.80. The van der Waals surface area contributed by atoms with Crippen LogP contribution in [0.1, 0.15) is 23.2 Å². The fourth-order valence-corrected chi connectivity index (χ4v) is 1.96. The Hall–Kier alpha value is -1.91. The first-order chi connectivity index (χ1) is 7.70. The largest absolute Gasteiger partial charge is 0.368 e. The van der Waals surface area contributed by atoms with Gasteiger partial charge in [-0.05, 0) is 25.0 Å². The second-order valence-corrected chi connectivity index (χ2v) is 3.80. The van der Waals surface area contributed by atoms with Crippen LogP contribution in [-0.2, 0) is 4.79 Å². The van der Waals surface area contributed by atoms with Crippen molar-refractivity contribution in [2.75, 3.05) is 6.54 Å². The van der Waals surface area contributed by atoms with E-state index in [1.54, 1.807) is 18.3 Å². The highest BCUT2D eigenvalue weighted by molar-refractivity contribution is 5.97. The lowest BCUT2D eigenvalue weighted by molar-refractivity contribution is -0.121. The van der Waals surface area contributed by atoms with Crippen LogP contribution in [0.2, 0.25) is 0 Å². The second-order valence-electron chi connectivity index (χ2n) is 3.80. The molecule has 1 aliphatic rings. The van der Waals surface area contributed by atoms with E-state index < -0.39 is 11.9 Å². The lowest BCUT2D eigenvalue weighted by atomic mass is 10.2. The van der Waals surface area contributed by atoms with Crippen molar-refractivity contribution in [2.45, 2.75) is 18.9 Å². The van der Waals surface area contributed by atoms with Gasteiger partial charge in [-0.15, -0.1) is 0 Å². The number of likely N-dealkylation sites (tertiary alicyclic amines) is 1. The van der Waals surface area contributed by atoms with Crippen molar-refractivity contribution < 1.29 is 9.59 Å². The maximum Gasteiger partial charge on any atom is 0.256 e. The van der Waals surface area contributed by atoms with E-state index in [2.05, 4.69) is 4.98 Å². The van der Waals surface area contributed by atoms with Crippen molar-refractivity contribution in [3.8, 4) is 0 Å². The van der Waals surface area contributed by atoms with Crippen molar-refractivity contribution in [3.63, 3.8) is 0 Å². The summed E-state index contributed by atoms with van der Waals surface area (Å²) in [5.41, 5.74) is 5.75. The van der Waals surface area contributed by atoms with E-state index in [1.807, 2.05) is 0 Å². The van der Waals surface area contributed by atoms with E-state index in [4.69, 9.17) is 5.73 Å². The molecule has 0 saturated carbocycles. The Kier molecular flexibility index (Phi) is 2.85. The third-order valence-corrected chi connectivity index (χ3v) is 2.75. The Morgan fingerprint density at radius 2 is 2.31 bits per heavy atom. The third kappa shape index (κ3) is 1.88. The molecular formula is C11H13N3O2. The summed E-state index contributed by atoms with van der Waals surface area (Å²) in [6.45, 7) is 0.585. The molecule has 2 amide bonds. The highest BCUT2D eigenvalue weighted by Crippen LogP contribution is 2.19. The number of primary amides is 1. The molecule has 2 heterocycles. The van der Waals surface area contributed by atoms with Crippen molar-refractivity contribution in [1.29, 1.82) is 0 Å². The van der Waals surface area contributed by atoms with Crippen LogP contribution < -0.4 is 5.73 Å². The molecule has 1 aromatic rings. The van der Waals surface area contributed by atoms with Gasteiger partial charge in [0.25, 0.3) is 5.91 Å². The second kappa shape index (κ2) is 4.30.